The molecule has 1 aromatic carbocycles. The highest BCUT2D eigenvalue weighted by atomic mass is 79.9. The fourth-order valence-corrected chi connectivity index (χ4v) is 5.36. The van der Waals surface area contributed by atoms with Gasteiger partial charge < -0.3 is 0 Å². The molecule has 122 valence electrons. The van der Waals surface area contributed by atoms with Crippen LogP contribution in [-0.2, 0) is 10.0 Å². The molecule has 0 heterocycles. The minimum absolute atomic E-state index is 0.0673. The van der Waals surface area contributed by atoms with Crippen molar-refractivity contribution in [3.05, 3.63) is 32.8 Å². The molecule has 1 aromatic rings. The second-order valence-electron chi connectivity index (χ2n) is 5.37. The Morgan fingerprint density at radius 3 is 2.50 bits per heavy atom. The predicted octanol–water partition coefficient (Wildman–Crippen LogP) is 3.70. The minimum Gasteiger partial charge on any atom is -0.258 e. The van der Waals surface area contributed by atoms with Crippen LogP contribution in [-0.4, -0.2) is 30.2 Å². The molecule has 0 N–H and O–H groups in total. The van der Waals surface area contributed by atoms with Crippen molar-refractivity contribution in [2.24, 2.45) is 0 Å². The fourth-order valence-electron chi connectivity index (χ4n) is 2.97. The third-order valence-electron chi connectivity index (χ3n) is 4.00. The second-order valence-corrected chi connectivity index (χ2v) is 8.14. The number of hydrogen-bond donors (Lipinski definition) is 0. The zero-order valence-electron chi connectivity index (χ0n) is 12.4. The maximum atomic E-state index is 12.9. The van der Waals surface area contributed by atoms with E-state index in [1.165, 1.54) is 22.5 Å². The molecule has 0 aromatic heterocycles. The lowest BCUT2D eigenvalue weighted by atomic mass is 9.95. The molecule has 0 saturated heterocycles. The van der Waals surface area contributed by atoms with Crippen LogP contribution in [0.4, 0.5) is 5.69 Å². The second kappa shape index (κ2) is 7.06. The molecule has 1 fully saturated rings. The topological polar surface area (TPSA) is 80.5 Å². The number of nitro benzene ring substituents is 1. The zero-order chi connectivity index (χ0) is 16.3. The van der Waals surface area contributed by atoms with E-state index in [4.69, 9.17) is 0 Å². The largest absolute Gasteiger partial charge is 0.289 e. The van der Waals surface area contributed by atoms with E-state index in [9.17, 15) is 18.5 Å². The number of halogens is 1. The van der Waals surface area contributed by atoms with E-state index in [0.29, 0.717) is 11.0 Å². The first-order valence-corrected chi connectivity index (χ1v) is 9.57. The van der Waals surface area contributed by atoms with Gasteiger partial charge in [0, 0.05) is 23.1 Å². The molecule has 0 bridgehead atoms. The molecular weight excluding hydrogens is 372 g/mol. The third-order valence-corrected chi connectivity index (χ3v) is 6.55. The van der Waals surface area contributed by atoms with Gasteiger partial charge in [-0.3, -0.25) is 10.1 Å². The van der Waals surface area contributed by atoms with Crippen LogP contribution in [0.2, 0.25) is 0 Å². The molecule has 2 rings (SSSR count). The third kappa shape index (κ3) is 3.49. The van der Waals surface area contributed by atoms with Gasteiger partial charge in [-0.1, -0.05) is 42.1 Å². The maximum absolute atomic E-state index is 12.9. The summed E-state index contributed by atoms with van der Waals surface area (Å²) in [4.78, 5) is 10.3. The lowest BCUT2D eigenvalue weighted by Gasteiger charge is -2.32. The number of hydrogen-bond acceptors (Lipinski definition) is 4. The average Bonchev–Trinajstić information content (AvgIpc) is 2.48. The average molecular weight is 391 g/mol. The van der Waals surface area contributed by atoms with Gasteiger partial charge in [0.1, 0.15) is 0 Å². The minimum atomic E-state index is -3.89. The summed E-state index contributed by atoms with van der Waals surface area (Å²) in [7, 11) is -3.89. The summed E-state index contributed by atoms with van der Waals surface area (Å²) in [5.41, 5.74) is -0.377. The van der Waals surface area contributed by atoms with E-state index < -0.39 is 14.9 Å². The Morgan fingerprint density at radius 1 is 1.32 bits per heavy atom. The number of nitrogens with zero attached hydrogens (tertiary/aromatic N) is 2. The van der Waals surface area contributed by atoms with Gasteiger partial charge in [0.05, 0.1) is 4.92 Å². The van der Waals surface area contributed by atoms with Crippen LogP contribution in [0.3, 0.4) is 0 Å². The van der Waals surface area contributed by atoms with Gasteiger partial charge in [0.25, 0.3) is 5.69 Å². The molecule has 8 heteroatoms. The standard InChI is InChI=1S/C14H19BrN2O4S/c1-2-16(12-6-4-3-5-7-12)22(20,21)14-10-11(15)8-9-13(14)17(18)19/h8-10,12H,2-7H2,1H3. The number of nitro groups is 1. The molecule has 0 unspecified atom stereocenters. The molecule has 22 heavy (non-hydrogen) atoms. The number of sulfonamides is 1. The Labute approximate surface area is 138 Å². The van der Waals surface area contributed by atoms with Gasteiger partial charge >= 0.3 is 0 Å². The smallest absolute Gasteiger partial charge is 0.258 e. The summed E-state index contributed by atoms with van der Waals surface area (Å²) in [6.45, 7) is 2.09. The van der Waals surface area contributed by atoms with Crippen LogP contribution in [0.15, 0.2) is 27.6 Å². The molecule has 1 aliphatic rings. The van der Waals surface area contributed by atoms with E-state index in [1.54, 1.807) is 6.92 Å². The fraction of sp³-hybridized carbons (Fsp3) is 0.571. The quantitative estimate of drug-likeness (QED) is 0.566. The Balaban J connectivity index is 2.48. The lowest BCUT2D eigenvalue weighted by Crippen LogP contribution is -2.41. The van der Waals surface area contributed by atoms with Crippen LogP contribution in [0.5, 0.6) is 0 Å². The molecule has 6 nitrogen and oxygen atoms in total. The Kier molecular flexibility index (Phi) is 5.57. The van der Waals surface area contributed by atoms with Crippen molar-refractivity contribution < 1.29 is 13.3 Å². The van der Waals surface area contributed by atoms with Crippen LogP contribution < -0.4 is 0 Å². The first-order chi connectivity index (χ1) is 10.4. The molecule has 0 aliphatic heterocycles. The molecule has 0 atom stereocenters. The summed E-state index contributed by atoms with van der Waals surface area (Å²) in [6, 6.07) is 3.96. The monoisotopic (exact) mass is 390 g/mol. The predicted molar refractivity (Wildman–Crippen MR) is 87.2 cm³/mol. The zero-order valence-corrected chi connectivity index (χ0v) is 14.8. The van der Waals surface area contributed by atoms with Crippen LogP contribution in [0.25, 0.3) is 0 Å². The number of rotatable bonds is 5. The Hall–Kier alpha value is -0.990. The maximum Gasteiger partial charge on any atom is 0.289 e. The van der Waals surface area contributed by atoms with E-state index in [2.05, 4.69) is 15.9 Å². The van der Waals surface area contributed by atoms with Crippen molar-refractivity contribution in [3.63, 3.8) is 0 Å². The van der Waals surface area contributed by atoms with Crippen molar-refractivity contribution in [1.29, 1.82) is 0 Å². The van der Waals surface area contributed by atoms with Gasteiger partial charge in [0.2, 0.25) is 10.0 Å². The number of benzene rings is 1. The molecule has 1 saturated carbocycles. The van der Waals surface area contributed by atoms with E-state index in [-0.39, 0.29) is 16.6 Å². The lowest BCUT2D eigenvalue weighted by molar-refractivity contribution is -0.387. The van der Waals surface area contributed by atoms with E-state index in [1.807, 2.05) is 0 Å². The van der Waals surface area contributed by atoms with Gasteiger partial charge in [-0.05, 0) is 25.0 Å². The Bertz CT molecular complexity index is 657. The first-order valence-electron chi connectivity index (χ1n) is 7.33. The van der Waals surface area contributed by atoms with Gasteiger partial charge in [-0.2, -0.15) is 4.31 Å². The van der Waals surface area contributed by atoms with E-state index >= 15 is 0 Å². The van der Waals surface area contributed by atoms with Crippen LogP contribution in [0, 0.1) is 10.1 Å². The SMILES string of the molecule is CCN(C1CCCCC1)S(=O)(=O)c1cc(Br)ccc1[N+](=O)[O-]. The summed E-state index contributed by atoms with van der Waals surface area (Å²) in [6.07, 6.45) is 4.74. The molecule has 0 amide bonds. The molecule has 0 radical (unpaired) electrons. The highest BCUT2D eigenvalue weighted by Crippen LogP contribution is 2.33. The highest BCUT2D eigenvalue weighted by Gasteiger charge is 2.35. The van der Waals surface area contributed by atoms with Gasteiger partial charge in [-0.15, -0.1) is 0 Å². The molecular formula is C14H19BrN2O4S. The Morgan fingerprint density at radius 2 is 1.95 bits per heavy atom. The van der Waals surface area contributed by atoms with Gasteiger partial charge in [0.15, 0.2) is 4.90 Å². The molecule has 1 aliphatic carbocycles. The normalized spacial score (nSPS) is 16.9. The summed E-state index contributed by atoms with van der Waals surface area (Å²) >= 11 is 3.20. The summed E-state index contributed by atoms with van der Waals surface area (Å²) in [5.74, 6) is 0. The molecule has 0 spiro atoms. The van der Waals surface area contributed by atoms with Crippen molar-refractivity contribution in [1.82, 2.24) is 4.31 Å². The van der Waals surface area contributed by atoms with Crippen molar-refractivity contribution in [2.75, 3.05) is 6.54 Å². The van der Waals surface area contributed by atoms with Crippen molar-refractivity contribution in [2.45, 2.75) is 50.0 Å². The van der Waals surface area contributed by atoms with E-state index in [0.717, 1.165) is 32.1 Å². The van der Waals surface area contributed by atoms with Crippen molar-refractivity contribution >= 4 is 31.6 Å². The summed E-state index contributed by atoms with van der Waals surface area (Å²) < 4.78 is 27.8. The van der Waals surface area contributed by atoms with Gasteiger partial charge in [-0.25, -0.2) is 8.42 Å². The van der Waals surface area contributed by atoms with Crippen LogP contribution in [0.1, 0.15) is 39.0 Å². The first kappa shape index (κ1) is 17.4. The van der Waals surface area contributed by atoms with Crippen LogP contribution >= 0.6 is 15.9 Å². The van der Waals surface area contributed by atoms with Crippen molar-refractivity contribution in [3.8, 4) is 0 Å². The summed E-state index contributed by atoms with van der Waals surface area (Å²) in [5, 5.41) is 11.2. The highest BCUT2D eigenvalue weighted by molar-refractivity contribution is 9.10.